The lowest BCUT2D eigenvalue weighted by atomic mass is 9.85. The highest BCUT2D eigenvalue weighted by Gasteiger charge is 2.60. The Balaban J connectivity index is 1.42. The lowest BCUT2D eigenvalue weighted by molar-refractivity contribution is -0.122. The van der Waals surface area contributed by atoms with E-state index in [9.17, 15) is 4.79 Å². The summed E-state index contributed by atoms with van der Waals surface area (Å²) in [6.45, 7) is 1.88. The van der Waals surface area contributed by atoms with E-state index in [1.54, 1.807) is 0 Å². The zero-order valence-electron chi connectivity index (χ0n) is 17.6. The quantitative estimate of drug-likeness (QED) is 0.303. The molecule has 1 aliphatic rings. The Morgan fingerprint density at radius 3 is 2.00 bits per heavy atom. The molecule has 1 aliphatic carbocycles. The van der Waals surface area contributed by atoms with Gasteiger partial charge in [0.15, 0.2) is 0 Å². The highest BCUT2D eigenvalue weighted by Crippen LogP contribution is 2.58. The molecule has 1 amide bonds. The molecule has 3 aromatic rings. The maximum absolute atomic E-state index is 12.9. The van der Waals surface area contributed by atoms with Crippen molar-refractivity contribution in [2.24, 2.45) is 11.0 Å². The number of nitrogens with zero attached hydrogens (tertiary/aromatic N) is 1. The molecule has 1 N–H and O–H groups in total. The van der Waals surface area contributed by atoms with Crippen molar-refractivity contribution in [2.75, 3.05) is 0 Å². The highest BCUT2D eigenvalue weighted by molar-refractivity contribution is 5.94. The third kappa shape index (κ3) is 4.72. The molecule has 1 atom stereocenters. The van der Waals surface area contributed by atoms with Gasteiger partial charge in [-0.1, -0.05) is 109 Å². The average Bonchev–Trinajstić information content (AvgIpc) is 3.59. The van der Waals surface area contributed by atoms with Gasteiger partial charge in [-0.05, 0) is 36.1 Å². The van der Waals surface area contributed by atoms with E-state index in [1.165, 1.54) is 11.1 Å². The van der Waals surface area contributed by atoms with E-state index in [-0.39, 0.29) is 17.2 Å². The third-order valence-corrected chi connectivity index (χ3v) is 5.73. The smallest absolute Gasteiger partial charge is 0.244 e. The highest BCUT2D eigenvalue weighted by atomic mass is 16.2. The number of hydrazone groups is 1. The van der Waals surface area contributed by atoms with Crippen LogP contribution in [0.15, 0.2) is 114 Å². The zero-order valence-corrected chi connectivity index (χ0v) is 17.6. The van der Waals surface area contributed by atoms with Crippen molar-refractivity contribution in [1.29, 1.82) is 0 Å². The average molecular weight is 407 g/mol. The van der Waals surface area contributed by atoms with Gasteiger partial charge in [-0.25, -0.2) is 5.43 Å². The van der Waals surface area contributed by atoms with Crippen LogP contribution in [0.1, 0.15) is 30.0 Å². The lowest BCUT2D eigenvalue weighted by Crippen LogP contribution is -2.26. The molecule has 0 aliphatic heterocycles. The molecule has 3 nitrogen and oxygen atoms in total. The molecule has 0 saturated heterocycles. The van der Waals surface area contributed by atoms with E-state index < -0.39 is 0 Å². The first kappa shape index (κ1) is 20.5. The van der Waals surface area contributed by atoms with E-state index in [0.717, 1.165) is 17.7 Å². The Bertz CT molecular complexity index is 1060. The van der Waals surface area contributed by atoms with Crippen LogP contribution < -0.4 is 5.43 Å². The number of benzene rings is 3. The van der Waals surface area contributed by atoms with Crippen molar-refractivity contribution in [3.8, 4) is 0 Å². The predicted octanol–water partition coefficient (Wildman–Crippen LogP) is 5.75. The Morgan fingerprint density at radius 1 is 0.871 bits per heavy atom. The molecule has 31 heavy (non-hydrogen) atoms. The van der Waals surface area contributed by atoms with Gasteiger partial charge in [0, 0.05) is 5.41 Å². The van der Waals surface area contributed by atoms with Crippen molar-refractivity contribution >= 4 is 17.7 Å². The fourth-order valence-electron chi connectivity index (χ4n) is 4.04. The number of hydrogen-bond acceptors (Lipinski definition) is 2. The summed E-state index contributed by atoms with van der Waals surface area (Å²) in [6.07, 6.45) is 8.59. The number of amides is 1. The van der Waals surface area contributed by atoms with Gasteiger partial charge in [-0.3, -0.25) is 4.79 Å². The van der Waals surface area contributed by atoms with E-state index in [1.807, 2.05) is 98.0 Å². The van der Waals surface area contributed by atoms with Crippen LogP contribution in [-0.4, -0.2) is 11.6 Å². The number of allylic oxidation sites excluding steroid dienone is 3. The minimum Gasteiger partial charge on any atom is -0.273 e. The molecule has 0 radical (unpaired) electrons. The number of nitrogens with one attached hydrogen (secondary N) is 1. The molecule has 0 unspecified atom stereocenters. The minimum atomic E-state index is -0.274. The summed E-state index contributed by atoms with van der Waals surface area (Å²) < 4.78 is 0. The van der Waals surface area contributed by atoms with Crippen LogP contribution in [-0.2, 0) is 10.2 Å². The Hall–Kier alpha value is -3.72. The van der Waals surface area contributed by atoms with E-state index in [0.29, 0.717) is 0 Å². The summed E-state index contributed by atoms with van der Waals surface area (Å²) in [4.78, 5) is 12.9. The molecule has 1 saturated carbocycles. The fraction of sp³-hybridized carbons (Fsp3) is 0.143. The summed E-state index contributed by atoms with van der Waals surface area (Å²) >= 11 is 0. The standard InChI is InChI=1S/C28H26N2O/c1-22(13-11-12-16-23-14-5-2-6-15-23)29-30-27(31)26-21-28(26,24-17-7-3-8-18-24)25-19-9-4-10-20-25/h2-20,26H,21H2,1H3,(H,30,31)/b13-11+,16-12+,29-22?/t26-/m0/s1. The van der Waals surface area contributed by atoms with Gasteiger partial charge in [0.25, 0.3) is 0 Å². The third-order valence-electron chi connectivity index (χ3n) is 5.73. The van der Waals surface area contributed by atoms with Crippen LogP contribution in [0.2, 0.25) is 0 Å². The summed E-state index contributed by atoms with van der Waals surface area (Å²) in [5, 5.41) is 4.28. The SMILES string of the molecule is CC(/C=C/C=C/c1ccccc1)=NNC(=O)[C@@H]1CC1(c1ccccc1)c1ccccc1. The minimum absolute atomic E-state index is 0.0414. The second kappa shape index (κ2) is 9.40. The van der Waals surface area contributed by atoms with Crippen LogP contribution in [0.5, 0.6) is 0 Å². The van der Waals surface area contributed by atoms with Crippen molar-refractivity contribution < 1.29 is 4.79 Å². The molecule has 3 aromatic carbocycles. The predicted molar refractivity (Wildman–Crippen MR) is 128 cm³/mol. The van der Waals surface area contributed by atoms with Crippen LogP contribution >= 0.6 is 0 Å². The van der Waals surface area contributed by atoms with Crippen molar-refractivity contribution in [1.82, 2.24) is 5.43 Å². The lowest BCUT2D eigenvalue weighted by Gasteiger charge is -2.18. The molecule has 1 fully saturated rings. The monoisotopic (exact) mass is 406 g/mol. The van der Waals surface area contributed by atoms with Crippen molar-refractivity contribution in [2.45, 2.75) is 18.8 Å². The largest absolute Gasteiger partial charge is 0.273 e. The first-order chi connectivity index (χ1) is 15.2. The van der Waals surface area contributed by atoms with Crippen molar-refractivity contribution in [3.63, 3.8) is 0 Å². The molecule has 0 aromatic heterocycles. The number of rotatable bonds is 7. The summed E-state index contributed by atoms with van der Waals surface area (Å²) in [5.41, 5.74) is 6.73. The normalized spacial score (nSPS) is 17.7. The van der Waals surface area contributed by atoms with Gasteiger partial charge in [0.1, 0.15) is 0 Å². The fourth-order valence-corrected chi connectivity index (χ4v) is 4.04. The molecular weight excluding hydrogens is 380 g/mol. The number of carbonyl (C=O) groups is 1. The van der Waals surface area contributed by atoms with E-state index in [2.05, 4.69) is 34.8 Å². The summed E-state index contributed by atoms with van der Waals surface area (Å²) in [6, 6.07) is 30.7. The Kier molecular flexibility index (Phi) is 6.23. The molecule has 0 bridgehead atoms. The first-order valence-corrected chi connectivity index (χ1v) is 10.5. The van der Waals surface area contributed by atoms with Gasteiger partial charge in [-0.15, -0.1) is 0 Å². The first-order valence-electron chi connectivity index (χ1n) is 10.5. The summed E-state index contributed by atoms with van der Waals surface area (Å²) in [7, 11) is 0. The molecular formula is C28H26N2O. The van der Waals surface area contributed by atoms with Gasteiger partial charge in [0.05, 0.1) is 11.6 Å². The molecule has 4 rings (SSSR count). The van der Waals surface area contributed by atoms with Crippen LogP contribution in [0.25, 0.3) is 6.08 Å². The second-order valence-corrected chi connectivity index (χ2v) is 7.82. The molecule has 3 heteroatoms. The number of hydrogen-bond donors (Lipinski definition) is 1. The maximum Gasteiger partial charge on any atom is 0.244 e. The van der Waals surface area contributed by atoms with Gasteiger partial charge in [-0.2, -0.15) is 5.10 Å². The molecule has 0 spiro atoms. The number of carbonyl (C=O) groups excluding carboxylic acids is 1. The molecule has 0 heterocycles. The van der Waals surface area contributed by atoms with Crippen LogP contribution in [0.4, 0.5) is 0 Å². The Morgan fingerprint density at radius 2 is 1.42 bits per heavy atom. The maximum atomic E-state index is 12.9. The van der Waals surface area contributed by atoms with Crippen LogP contribution in [0, 0.1) is 5.92 Å². The topological polar surface area (TPSA) is 41.5 Å². The van der Waals surface area contributed by atoms with E-state index in [4.69, 9.17) is 0 Å². The molecule has 154 valence electrons. The second-order valence-electron chi connectivity index (χ2n) is 7.82. The van der Waals surface area contributed by atoms with E-state index >= 15 is 0 Å². The Labute approximate surface area is 183 Å². The van der Waals surface area contributed by atoms with Crippen molar-refractivity contribution in [3.05, 3.63) is 126 Å². The van der Waals surface area contributed by atoms with Gasteiger partial charge >= 0.3 is 0 Å². The van der Waals surface area contributed by atoms with Gasteiger partial charge in [0.2, 0.25) is 5.91 Å². The van der Waals surface area contributed by atoms with Crippen LogP contribution in [0.3, 0.4) is 0 Å². The summed E-state index contributed by atoms with van der Waals surface area (Å²) in [5.74, 6) is -0.170. The zero-order chi connectivity index (χ0) is 21.5. The van der Waals surface area contributed by atoms with Gasteiger partial charge < -0.3 is 0 Å².